The minimum absolute atomic E-state index is 0.0581. The van der Waals surface area contributed by atoms with Crippen molar-refractivity contribution in [3.8, 4) is 0 Å². The minimum Gasteiger partial charge on any atom is -0.316 e. The molecule has 0 saturated carbocycles. The fraction of sp³-hybridized carbons (Fsp3) is 0.200. The largest absolute Gasteiger partial charge is 0.316 e. The minimum atomic E-state index is -0.813. The molecule has 0 aromatic carbocycles. The van der Waals surface area contributed by atoms with Crippen molar-refractivity contribution in [3.05, 3.63) is 35.5 Å². The molecule has 2 heterocycles. The third-order valence-corrected chi connectivity index (χ3v) is 2.43. The maximum atomic E-state index is 11.9. The van der Waals surface area contributed by atoms with Gasteiger partial charge in [-0.1, -0.05) is 0 Å². The Balaban J connectivity index is 2.08. The van der Waals surface area contributed by atoms with Crippen LogP contribution in [0.1, 0.15) is 11.6 Å². The second-order valence-corrected chi connectivity index (χ2v) is 3.96. The third kappa shape index (κ3) is 2.82. The van der Waals surface area contributed by atoms with Gasteiger partial charge >= 0.3 is 0 Å². The van der Waals surface area contributed by atoms with E-state index in [9.17, 15) is 4.79 Å². The van der Waals surface area contributed by atoms with Crippen LogP contribution in [0.15, 0.2) is 24.7 Å². The topological polar surface area (TPSA) is 98.7 Å². The zero-order chi connectivity index (χ0) is 13.1. The molecule has 0 aliphatic heterocycles. The van der Waals surface area contributed by atoms with Crippen molar-refractivity contribution in [2.75, 3.05) is 5.32 Å². The second kappa shape index (κ2) is 5.11. The number of hydrogen-bond acceptors (Lipinski definition) is 5. The Morgan fingerprint density at radius 2 is 2.39 bits per heavy atom. The van der Waals surface area contributed by atoms with E-state index >= 15 is 0 Å². The number of halogens is 1. The second-order valence-electron chi connectivity index (χ2n) is 3.63. The summed E-state index contributed by atoms with van der Waals surface area (Å²) in [6.07, 6.45) is 4.66. The van der Waals surface area contributed by atoms with Gasteiger partial charge in [0.25, 0.3) is 0 Å². The SMILES string of the molecule is Cn1cc(C(N)C(=O)Nc2ccnc(Cl)n2)cn1. The average Bonchev–Trinajstić information content (AvgIpc) is 2.75. The van der Waals surface area contributed by atoms with E-state index in [0.29, 0.717) is 11.4 Å². The van der Waals surface area contributed by atoms with Gasteiger partial charge in [-0.3, -0.25) is 9.48 Å². The van der Waals surface area contributed by atoms with Gasteiger partial charge in [0.2, 0.25) is 11.2 Å². The highest BCUT2D eigenvalue weighted by molar-refractivity contribution is 6.28. The van der Waals surface area contributed by atoms with Crippen molar-refractivity contribution >= 4 is 23.3 Å². The summed E-state index contributed by atoms with van der Waals surface area (Å²) in [7, 11) is 1.75. The Labute approximate surface area is 108 Å². The first kappa shape index (κ1) is 12.5. The summed E-state index contributed by atoms with van der Waals surface area (Å²) in [5.41, 5.74) is 6.42. The van der Waals surface area contributed by atoms with E-state index in [2.05, 4.69) is 20.4 Å². The number of anilines is 1. The maximum Gasteiger partial charge on any atom is 0.247 e. The first-order valence-electron chi connectivity index (χ1n) is 5.10. The van der Waals surface area contributed by atoms with Gasteiger partial charge in [0.15, 0.2) is 0 Å². The number of nitrogens with two attached hydrogens (primary N) is 1. The highest BCUT2D eigenvalue weighted by atomic mass is 35.5. The van der Waals surface area contributed by atoms with E-state index in [1.54, 1.807) is 17.9 Å². The molecule has 1 amide bonds. The first-order valence-corrected chi connectivity index (χ1v) is 5.47. The van der Waals surface area contributed by atoms with E-state index in [4.69, 9.17) is 17.3 Å². The molecule has 0 spiro atoms. The fourth-order valence-corrected chi connectivity index (χ4v) is 1.51. The van der Waals surface area contributed by atoms with E-state index in [1.165, 1.54) is 18.5 Å². The van der Waals surface area contributed by atoms with Gasteiger partial charge in [-0.2, -0.15) is 5.10 Å². The molecule has 2 aromatic heterocycles. The highest BCUT2D eigenvalue weighted by Gasteiger charge is 2.17. The van der Waals surface area contributed by atoms with Crippen LogP contribution in [-0.2, 0) is 11.8 Å². The van der Waals surface area contributed by atoms with Crippen LogP contribution in [0.5, 0.6) is 0 Å². The van der Waals surface area contributed by atoms with Crippen molar-refractivity contribution in [2.45, 2.75) is 6.04 Å². The molecule has 1 unspecified atom stereocenters. The Hall–Kier alpha value is -1.99. The van der Waals surface area contributed by atoms with Crippen LogP contribution in [0.3, 0.4) is 0 Å². The van der Waals surface area contributed by atoms with Crippen molar-refractivity contribution in [1.29, 1.82) is 0 Å². The van der Waals surface area contributed by atoms with Crippen molar-refractivity contribution < 1.29 is 4.79 Å². The Kier molecular flexibility index (Phi) is 3.54. The average molecular weight is 267 g/mol. The van der Waals surface area contributed by atoms with Crippen molar-refractivity contribution in [2.24, 2.45) is 12.8 Å². The smallest absolute Gasteiger partial charge is 0.247 e. The molecule has 8 heteroatoms. The Morgan fingerprint density at radius 1 is 1.61 bits per heavy atom. The summed E-state index contributed by atoms with van der Waals surface area (Å²) in [5, 5.41) is 6.56. The quantitative estimate of drug-likeness (QED) is 0.789. The predicted octanol–water partition coefficient (Wildman–Crippen LogP) is 0.502. The summed E-state index contributed by atoms with van der Waals surface area (Å²) in [6, 6.07) is 0.715. The van der Waals surface area contributed by atoms with Gasteiger partial charge < -0.3 is 11.1 Å². The van der Waals surface area contributed by atoms with Crippen LogP contribution < -0.4 is 11.1 Å². The van der Waals surface area contributed by atoms with E-state index < -0.39 is 11.9 Å². The summed E-state index contributed by atoms with van der Waals surface area (Å²) in [4.78, 5) is 19.4. The number of hydrogen-bond donors (Lipinski definition) is 2. The van der Waals surface area contributed by atoms with E-state index in [-0.39, 0.29) is 5.28 Å². The molecule has 7 nitrogen and oxygen atoms in total. The number of carbonyl (C=O) groups is 1. The zero-order valence-corrected chi connectivity index (χ0v) is 10.3. The van der Waals surface area contributed by atoms with E-state index in [1.807, 2.05) is 0 Å². The summed E-state index contributed by atoms with van der Waals surface area (Å²) >= 11 is 5.61. The predicted molar refractivity (Wildman–Crippen MR) is 65.8 cm³/mol. The van der Waals surface area contributed by atoms with Crippen LogP contribution in [0.2, 0.25) is 5.28 Å². The fourth-order valence-electron chi connectivity index (χ4n) is 1.36. The first-order chi connectivity index (χ1) is 8.56. The number of aryl methyl sites for hydroxylation is 1. The van der Waals surface area contributed by atoms with Gasteiger partial charge in [0.05, 0.1) is 6.20 Å². The molecule has 2 rings (SSSR count). The van der Waals surface area contributed by atoms with E-state index in [0.717, 1.165) is 0 Å². The lowest BCUT2D eigenvalue weighted by Crippen LogP contribution is -2.27. The normalized spacial score (nSPS) is 12.2. The van der Waals surface area contributed by atoms with Crippen LogP contribution in [0.25, 0.3) is 0 Å². The third-order valence-electron chi connectivity index (χ3n) is 2.24. The zero-order valence-electron chi connectivity index (χ0n) is 9.54. The van der Waals surface area contributed by atoms with Crippen molar-refractivity contribution in [1.82, 2.24) is 19.7 Å². The molecule has 0 radical (unpaired) electrons. The summed E-state index contributed by atoms with van der Waals surface area (Å²) in [6.45, 7) is 0. The molecule has 2 aromatic rings. The van der Waals surface area contributed by atoms with Gasteiger partial charge in [-0.15, -0.1) is 0 Å². The molecule has 0 bridgehead atoms. The molecule has 1 atom stereocenters. The number of aromatic nitrogens is 4. The summed E-state index contributed by atoms with van der Waals surface area (Å²) < 4.78 is 1.57. The standard InChI is InChI=1S/C10H11ClN6O/c1-17-5-6(4-14-17)8(12)9(18)15-7-2-3-13-10(11)16-7/h2-5,8H,12H2,1H3,(H,13,15,16,18). The van der Waals surface area contributed by atoms with Crippen LogP contribution in [0, 0.1) is 0 Å². The number of rotatable bonds is 3. The van der Waals surface area contributed by atoms with Crippen LogP contribution in [0.4, 0.5) is 5.82 Å². The number of carbonyl (C=O) groups excluding carboxylic acids is 1. The Bertz CT molecular complexity index is 569. The Morgan fingerprint density at radius 3 is 3.00 bits per heavy atom. The van der Waals surface area contributed by atoms with Gasteiger partial charge in [-0.25, -0.2) is 9.97 Å². The molecule has 0 fully saturated rings. The monoisotopic (exact) mass is 266 g/mol. The van der Waals surface area contributed by atoms with Gasteiger partial charge in [0.1, 0.15) is 11.9 Å². The number of nitrogens with zero attached hydrogens (tertiary/aromatic N) is 4. The van der Waals surface area contributed by atoms with Crippen LogP contribution in [-0.4, -0.2) is 25.7 Å². The lowest BCUT2D eigenvalue weighted by molar-refractivity contribution is -0.117. The molecular weight excluding hydrogens is 256 g/mol. The maximum absolute atomic E-state index is 11.9. The van der Waals surface area contributed by atoms with Crippen LogP contribution >= 0.6 is 11.6 Å². The lowest BCUT2D eigenvalue weighted by Gasteiger charge is -2.09. The molecule has 3 N–H and O–H groups in total. The number of nitrogens with one attached hydrogen (secondary N) is 1. The lowest BCUT2D eigenvalue weighted by atomic mass is 10.1. The van der Waals surface area contributed by atoms with Crippen molar-refractivity contribution in [3.63, 3.8) is 0 Å². The molecule has 0 aliphatic rings. The van der Waals surface area contributed by atoms with Gasteiger partial charge in [0, 0.05) is 25.0 Å². The molecule has 0 aliphatic carbocycles. The molecule has 0 saturated heterocycles. The highest BCUT2D eigenvalue weighted by Crippen LogP contribution is 2.12. The molecule has 18 heavy (non-hydrogen) atoms. The molecular formula is C10H11ClN6O. The molecule has 94 valence electrons. The number of amides is 1. The van der Waals surface area contributed by atoms with Gasteiger partial charge in [-0.05, 0) is 17.7 Å². The summed E-state index contributed by atoms with van der Waals surface area (Å²) in [5.74, 6) is -0.0860.